The molecular formula is C6H8N2O2S2. The lowest BCUT2D eigenvalue weighted by Gasteiger charge is -2.04. The maximum absolute atomic E-state index is 11.4. The minimum Gasteiger partial charge on any atom is -0.245 e. The molecule has 0 amide bonds. The predicted molar refractivity (Wildman–Crippen MR) is 47.7 cm³/mol. The molecule has 0 bridgehead atoms. The first-order valence-corrected chi connectivity index (χ1v) is 5.29. The molecule has 0 aliphatic rings. The van der Waals surface area contributed by atoms with E-state index in [-0.39, 0.29) is 5.03 Å². The third kappa shape index (κ3) is 1.75. The van der Waals surface area contributed by atoms with Crippen molar-refractivity contribution < 1.29 is 8.42 Å². The number of nitrogens with zero attached hydrogens (tertiary/aromatic N) is 2. The topological polar surface area (TPSA) is 59.9 Å². The lowest BCUT2D eigenvalue weighted by Crippen LogP contribution is -2.13. The van der Waals surface area contributed by atoms with E-state index in [2.05, 4.69) is 22.6 Å². The molecule has 0 N–H and O–H groups in total. The number of aromatic nitrogens is 2. The Bertz CT molecular complexity index is 347. The second-order valence-electron chi connectivity index (χ2n) is 2.19. The summed E-state index contributed by atoms with van der Waals surface area (Å²) in [5, 5.41) is 0.0139. The van der Waals surface area contributed by atoms with Gasteiger partial charge in [-0.15, -0.1) is 0 Å². The summed E-state index contributed by atoms with van der Waals surface area (Å²) in [6.07, 6.45) is 2.58. The highest BCUT2D eigenvalue weighted by atomic mass is 32.2. The highest BCUT2D eigenvalue weighted by Gasteiger charge is 2.20. The van der Waals surface area contributed by atoms with E-state index in [0.29, 0.717) is 0 Å². The molecule has 0 aromatic carbocycles. The molecule has 4 nitrogen and oxygen atoms in total. The maximum Gasteiger partial charge on any atom is 0.207 e. The van der Waals surface area contributed by atoms with Crippen molar-refractivity contribution in [2.75, 3.05) is 0 Å². The number of sulfone groups is 1. The van der Waals surface area contributed by atoms with Gasteiger partial charge in [0.05, 0.1) is 0 Å². The van der Waals surface area contributed by atoms with E-state index in [9.17, 15) is 8.42 Å². The quantitative estimate of drug-likeness (QED) is 0.564. The minimum atomic E-state index is -3.36. The molecule has 0 fully saturated rings. The zero-order valence-corrected chi connectivity index (χ0v) is 8.09. The molecule has 0 saturated carbocycles. The first-order valence-electron chi connectivity index (χ1n) is 3.23. The summed E-state index contributed by atoms with van der Waals surface area (Å²) in [5.74, 6) is 0. The van der Waals surface area contributed by atoms with Gasteiger partial charge in [-0.3, -0.25) is 0 Å². The maximum atomic E-state index is 11.4. The molecule has 1 atom stereocenters. The zero-order chi connectivity index (χ0) is 9.19. The van der Waals surface area contributed by atoms with Crippen LogP contribution >= 0.6 is 12.6 Å². The molecule has 1 aromatic rings. The molecule has 0 aliphatic carbocycles. The van der Waals surface area contributed by atoms with Crippen molar-refractivity contribution in [3.05, 3.63) is 18.6 Å². The van der Waals surface area contributed by atoms with Crippen LogP contribution < -0.4 is 0 Å². The Labute approximate surface area is 76.4 Å². The Morgan fingerprint density at radius 2 is 2.25 bits per heavy atom. The van der Waals surface area contributed by atoms with Gasteiger partial charge in [0, 0.05) is 6.20 Å². The van der Waals surface area contributed by atoms with E-state index >= 15 is 0 Å². The third-order valence-electron chi connectivity index (χ3n) is 1.30. The van der Waals surface area contributed by atoms with Gasteiger partial charge in [0.15, 0.2) is 5.03 Å². The van der Waals surface area contributed by atoms with Crippen LogP contribution in [0.4, 0.5) is 0 Å². The predicted octanol–water partition coefficient (Wildman–Crippen LogP) is 0.526. The van der Waals surface area contributed by atoms with Crippen LogP contribution in [0, 0.1) is 0 Å². The molecule has 0 radical (unpaired) electrons. The Kier molecular flexibility index (Phi) is 2.69. The molecule has 6 heteroatoms. The van der Waals surface area contributed by atoms with Gasteiger partial charge in [0.25, 0.3) is 0 Å². The van der Waals surface area contributed by atoms with Crippen LogP contribution in [0.2, 0.25) is 0 Å². The zero-order valence-electron chi connectivity index (χ0n) is 6.38. The van der Waals surface area contributed by atoms with Crippen molar-refractivity contribution >= 4 is 22.5 Å². The van der Waals surface area contributed by atoms with Gasteiger partial charge in [-0.2, -0.15) is 12.6 Å². The highest BCUT2D eigenvalue weighted by molar-refractivity contribution is 8.04. The standard InChI is InChI=1S/C6H8N2O2S2/c1-5(11)12(9,10)6-2-3-7-4-8-6/h2-5,11H,1H3. The average Bonchev–Trinajstić information content (AvgIpc) is 2.06. The summed E-state index contributed by atoms with van der Waals surface area (Å²) in [7, 11) is -3.36. The largest absolute Gasteiger partial charge is 0.245 e. The second-order valence-corrected chi connectivity index (χ2v) is 5.53. The van der Waals surface area contributed by atoms with Crippen molar-refractivity contribution in [3.63, 3.8) is 0 Å². The summed E-state index contributed by atoms with van der Waals surface area (Å²) in [5.41, 5.74) is 0. The first-order chi connectivity index (χ1) is 5.55. The van der Waals surface area contributed by atoms with Crippen molar-refractivity contribution in [3.8, 4) is 0 Å². The van der Waals surface area contributed by atoms with E-state index in [4.69, 9.17) is 0 Å². The lowest BCUT2D eigenvalue weighted by atomic mass is 10.7. The smallest absolute Gasteiger partial charge is 0.207 e. The summed E-state index contributed by atoms with van der Waals surface area (Å²) in [4.78, 5) is 7.24. The lowest BCUT2D eigenvalue weighted by molar-refractivity contribution is 0.591. The monoisotopic (exact) mass is 204 g/mol. The molecule has 0 spiro atoms. The van der Waals surface area contributed by atoms with Gasteiger partial charge in [-0.05, 0) is 13.0 Å². The van der Waals surface area contributed by atoms with E-state index in [1.54, 1.807) is 0 Å². The van der Waals surface area contributed by atoms with Gasteiger partial charge in [0.2, 0.25) is 9.84 Å². The van der Waals surface area contributed by atoms with Gasteiger partial charge < -0.3 is 0 Å². The van der Waals surface area contributed by atoms with Gasteiger partial charge in [0.1, 0.15) is 10.9 Å². The van der Waals surface area contributed by atoms with Crippen LogP contribution in [-0.4, -0.2) is 23.0 Å². The SMILES string of the molecule is CC(S)S(=O)(=O)c1ccncn1. The third-order valence-corrected chi connectivity index (χ3v) is 3.85. The molecule has 12 heavy (non-hydrogen) atoms. The molecule has 0 aliphatic heterocycles. The normalized spacial score (nSPS) is 14.2. The number of thiol groups is 1. The van der Waals surface area contributed by atoms with Gasteiger partial charge in [-0.25, -0.2) is 18.4 Å². The van der Waals surface area contributed by atoms with Crippen LogP contribution in [0.5, 0.6) is 0 Å². The Morgan fingerprint density at radius 3 is 2.67 bits per heavy atom. The van der Waals surface area contributed by atoms with E-state index in [1.165, 1.54) is 25.5 Å². The molecule has 1 unspecified atom stereocenters. The van der Waals surface area contributed by atoms with Crippen LogP contribution in [-0.2, 0) is 9.84 Å². The Morgan fingerprint density at radius 1 is 1.58 bits per heavy atom. The Balaban J connectivity index is 3.17. The fourth-order valence-corrected chi connectivity index (χ4v) is 1.74. The summed E-state index contributed by atoms with van der Waals surface area (Å²) in [6, 6.07) is 1.35. The fourth-order valence-electron chi connectivity index (χ4n) is 0.622. The molecule has 1 heterocycles. The number of rotatable bonds is 2. The number of hydrogen-bond donors (Lipinski definition) is 1. The average molecular weight is 204 g/mol. The van der Waals surface area contributed by atoms with Crippen molar-refractivity contribution in [2.24, 2.45) is 0 Å². The van der Waals surface area contributed by atoms with E-state index in [0.717, 1.165) is 0 Å². The van der Waals surface area contributed by atoms with Crippen LogP contribution in [0.3, 0.4) is 0 Å². The molecule has 0 saturated heterocycles. The van der Waals surface area contributed by atoms with Crippen LogP contribution in [0.15, 0.2) is 23.6 Å². The van der Waals surface area contributed by atoms with Crippen LogP contribution in [0.1, 0.15) is 6.92 Å². The van der Waals surface area contributed by atoms with Gasteiger partial charge in [-0.1, -0.05) is 0 Å². The first kappa shape index (κ1) is 9.47. The number of hydrogen-bond acceptors (Lipinski definition) is 5. The second kappa shape index (κ2) is 3.40. The summed E-state index contributed by atoms with van der Waals surface area (Å²) < 4.78 is 22.0. The van der Waals surface area contributed by atoms with Crippen molar-refractivity contribution in [1.82, 2.24) is 9.97 Å². The molecule has 1 rings (SSSR count). The van der Waals surface area contributed by atoms with Crippen molar-refractivity contribution in [2.45, 2.75) is 16.5 Å². The molecular weight excluding hydrogens is 196 g/mol. The molecule has 1 aromatic heterocycles. The van der Waals surface area contributed by atoms with E-state index in [1.807, 2.05) is 0 Å². The van der Waals surface area contributed by atoms with Crippen molar-refractivity contribution in [1.29, 1.82) is 0 Å². The van der Waals surface area contributed by atoms with Crippen LogP contribution in [0.25, 0.3) is 0 Å². The summed E-state index contributed by atoms with van der Waals surface area (Å²) in [6.45, 7) is 1.49. The fraction of sp³-hybridized carbons (Fsp3) is 0.333. The summed E-state index contributed by atoms with van der Waals surface area (Å²) >= 11 is 3.84. The molecule has 66 valence electrons. The van der Waals surface area contributed by atoms with E-state index < -0.39 is 14.4 Å². The minimum absolute atomic E-state index is 0.0139. The Hall–Kier alpha value is -0.620. The van der Waals surface area contributed by atoms with Gasteiger partial charge >= 0.3 is 0 Å². The highest BCUT2D eigenvalue weighted by Crippen LogP contribution is 2.14.